The van der Waals surface area contributed by atoms with Gasteiger partial charge in [-0.05, 0) is 29.9 Å². The van der Waals surface area contributed by atoms with Crippen molar-refractivity contribution in [3.63, 3.8) is 0 Å². The van der Waals surface area contributed by atoms with E-state index in [1.807, 2.05) is 12.1 Å². The van der Waals surface area contributed by atoms with Gasteiger partial charge in [0.2, 0.25) is 0 Å². The van der Waals surface area contributed by atoms with Crippen LogP contribution in [-0.4, -0.2) is 24.9 Å². The van der Waals surface area contributed by atoms with Gasteiger partial charge in [-0.15, -0.1) is 0 Å². The number of halogens is 1. The average molecular weight is 385 g/mol. The van der Waals surface area contributed by atoms with Gasteiger partial charge >= 0.3 is 0 Å². The molecular weight excluding hydrogens is 375 g/mol. The Morgan fingerprint density at radius 3 is 2.62 bits per heavy atom. The molecule has 2 aromatic carbocycles. The number of nitro benzene ring substituents is 1. The topological polar surface area (TPSA) is 74.5 Å². The van der Waals surface area contributed by atoms with Crippen LogP contribution in [0.3, 0.4) is 0 Å². The summed E-state index contributed by atoms with van der Waals surface area (Å²) < 4.78 is 11.8. The summed E-state index contributed by atoms with van der Waals surface area (Å²) in [5, 5.41) is 11.8. The fourth-order valence-electron chi connectivity index (χ4n) is 2.24. The maximum atomic E-state index is 11.0. The van der Waals surface area contributed by atoms with Gasteiger partial charge in [-0.1, -0.05) is 15.9 Å². The van der Waals surface area contributed by atoms with E-state index < -0.39 is 4.92 Å². The molecule has 0 spiro atoms. The number of non-ortho nitro benzene ring substituents is 1. The largest absolute Gasteiger partial charge is 0.496 e. The summed E-state index contributed by atoms with van der Waals surface area (Å²) >= 11 is 3.40. The number of ether oxygens (including phenoxy) is 2. The zero-order valence-electron chi connectivity index (χ0n) is 12.5. The van der Waals surface area contributed by atoms with Crippen molar-refractivity contribution in [2.24, 2.45) is 0 Å². The Bertz CT molecular complexity index is 949. The van der Waals surface area contributed by atoms with Gasteiger partial charge in [-0.3, -0.25) is 15.1 Å². The molecule has 2 radical (unpaired) electrons. The van der Waals surface area contributed by atoms with Gasteiger partial charge in [0.1, 0.15) is 25.1 Å². The lowest BCUT2D eigenvalue weighted by atomic mass is 10.0. The number of hydrogen-bond donors (Lipinski definition) is 0. The van der Waals surface area contributed by atoms with Gasteiger partial charge in [0, 0.05) is 15.9 Å². The number of hydrogen-bond acceptors (Lipinski definition) is 5. The van der Waals surface area contributed by atoms with E-state index in [0.29, 0.717) is 17.0 Å². The van der Waals surface area contributed by atoms with Crippen LogP contribution in [-0.2, 0) is 0 Å². The van der Waals surface area contributed by atoms with Gasteiger partial charge < -0.3 is 9.47 Å². The third-order valence-corrected chi connectivity index (χ3v) is 3.78. The van der Waals surface area contributed by atoms with Crippen molar-refractivity contribution in [1.29, 1.82) is 0 Å². The van der Waals surface area contributed by atoms with E-state index in [1.54, 1.807) is 18.2 Å². The fraction of sp³-hybridized carbons (Fsp3) is 0.0625. The summed E-state index contributed by atoms with van der Waals surface area (Å²) in [4.78, 5) is 14.8. The molecule has 8 heteroatoms. The number of benzene rings is 2. The highest BCUT2D eigenvalue weighted by Crippen LogP contribution is 2.34. The van der Waals surface area contributed by atoms with E-state index in [4.69, 9.17) is 17.3 Å². The van der Waals surface area contributed by atoms with Gasteiger partial charge in [0.15, 0.2) is 0 Å². The zero-order valence-corrected chi connectivity index (χ0v) is 14.1. The van der Waals surface area contributed by atoms with E-state index in [-0.39, 0.29) is 17.0 Å². The Morgan fingerprint density at radius 1 is 1.17 bits per heavy atom. The van der Waals surface area contributed by atoms with Crippen molar-refractivity contribution in [1.82, 2.24) is 4.98 Å². The first-order chi connectivity index (χ1) is 11.5. The predicted octanol–water partition coefficient (Wildman–Crippen LogP) is 3.50. The molecule has 6 nitrogen and oxygen atoms in total. The number of nitro groups is 1. The van der Waals surface area contributed by atoms with Gasteiger partial charge in [0.25, 0.3) is 5.69 Å². The van der Waals surface area contributed by atoms with E-state index in [0.717, 1.165) is 9.86 Å². The second kappa shape index (κ2) is 6.49. The summed E-state index contributed by atoms with van der Waals surface area (Å²) in [6, 6.07) is 11.3. The molecule has 0 aliphatic carbocycles. The highest BCUT2D eigenvalue weighted by molar-refractivity contribution is 9.10. The Labute approximate surface area is 147 Å². The Hall–Kier alpha value is -2.61. The number of fused-ring (bicyclic) bond motifs is 1. The molecule has 3 rings (SSSR count). The molecule has 0 saturated carbocycles. The lowest BCUT2D eigenvalue weighted by Crippen LogP contribution is -2.08. The maximum Gasteiger partial charge on any atom is 0.276 e. The first-order valence-corrected chi connectivity index (χ1v) is 7.62. The van der Waals surface area contributed by atoms with E-state index in [1.165, 1.54) is 19.2 Å². The molecule has 0 atom stereocenters. The van der Waals surface area contributed by atoms with Crippen LogP contribution in [0.1, 0.15) is 0 Å². The minimum absolute atomic E-state index is 0.128. The molecule has 3 aromatic rings. The van der Waals surface area contributed by atoms with Gasteiger partial charge in [0.05, 0.1) is 29.7 Å². The van der Waals surface area contributed by atoms with E-state index in [9.17, 15) is 10.1 Å². The lowest BCUT2D eigenvalue weighted by molar-refractivity contribution is -0.385. The summed E-state index contributed by atoms with van der Waals surface area (Å²) in [6.07, 6.45) is 0. The molecule has 0 saturated heterocycles. The predicted molar refractivity (Wildman–Crippen MR) is 94.6 cm³/mol. The van der Waals surface area contributed by atoms with Crippen LogP contribution in [0.2, 0.25) is 0 Å². The van der Waals surface area contributed by atoms with Crippen LogP contribution >= 0.6 is 15.9 Å². The molecular formula is C16H10BBrN2O4. The number of aromatic nitrogens is 1. The molecule has 0 aliphatic rings. The van der Waals surface area contributed by atoms with Crippen molar-refractivity contribution in [2.75, 3.05) is 7.11 Å². The van der Waals surface area contributed by atoms with Crippen LogP contribution in [0.4, 0.5) is 5.69 Å². The summed E-state index contributed by atoms with van der Waals surface area (Å²) in [7, 11) is 7.25. The fourth-order valence-corrected chi connectivity index (χ4v) is 2.60. The monoisotopic (exact) mass is 384 g/mol. The summed E-state index contributed by atoms with van der Waals surface area (Å²) in [5.41, 5.74) is 0.819. The van der Waals surface area contributed by atoms with Crippen molar-refractivity contribution in [3.8, 4) is 17.2 Å². The lowest BCUT2D eigenvalue weighted by Gasteiger charge is -2.11. The molecule has 0 fully saturated rings. The highest BCUT2D eigenvalue weighted by Gasteiger charge is 2.13. The van der Waals surface area contributed by atoms with E-state index >= 15 is 0 Å². The standard InChI is InChI=1S/C16H10BBrN2O4/c1-23-11-5-10(20(21)22)6-12(7-11)24-15-8-16(17)19-14-3-2-9(18)4-13(14)15/h2-8H,1H3. The van der Waals surface area contributed by atoms with Crippen LogP contribution in [0.15, 0.2) is 46.9 Å². The summed E-state index contributed by atoms with van der Waals surface area (Å²) in [5.74, 6) is 1.04. The Morgan fingerprint density at radius 2 is 1.92 bits per heavy atom. The van der Waals surface area contributed by atoms with Crippen molar-refractivity contribution in [2.45, 2.75) is 0 Å². The third-order valence-electron chi connectivity index (χ3n) is 3.29. The SMILES string of the molecule is [B]c1cc(Oc2cc(OC)cc([N+](=O)[O-])c2)c2cc(Br)ccc2n1. The zero-order chi connectivity index (χ0) is 17.3. The smallest absolute Gasteiger partial charge is 0.276 e. The maximum absolute atomic E-state index is 11.0. The Kier molecular flexibility index (Phi) is 4.39. The van der Waals surface area contributed by atoms with E-state index in [2.05, 4.69) is 20.9 Å². The molecule has 0 aliphatic heterocycles. The van der Waals surface area contributed by atoms with Crippen LogP contribution in [0.5, 0.6) is 17.2 Å². The number of methoxy groups -OCH3 is 1. The normalized spacial score (nSPS) is 10.6. The second-order valence-electron chi connectivity index (χ2n) is 4.93. The van der Waals surface area contributed by atoms with Crippen molar-refractivity contribution < 1.29 is 14.4 Å². The third kappa shape index (κ3) is 3.33. The minimum atomic E-state index is -0.509. The quantitative estimate of drug-likeness (QED) is 0.391. The molecule has 118 valence electrons. The molecule has 0 amide bonds. The second-order valence-corrected chi connectivity index (χ2v) is 5.85. The number of nitrogens with zero attached hydrogens (tertiary/aromatic N) is 2. The van der Waals surface area contributed by atoms with Gasteiger partial charge in [-0.25, -0.2) is 0 Å². The van der Waals surface area contributed by atoms with Crippen molar-refractivity contribution in [3.05, 3.63) is 57.1 Å². The molecule has 0 bridgehead atoms. The van der Waals surface area contributed by atoms with Crippen LogP contribution in [0.25, 0.3) is 10.9 Å². The highest BCUT2D eigenvalue weighted by atomic mass is 79.9. The number of rotatable bonds is 4. The number of pyridine rings is 1. The molecule has 0 N–H and O–H groups in total. The average Bonchev–Trinajstić information content (AvgIpc) is 2.55. The van der Waals surface area contributed by atoms with Crippen LogP contribution < -0.4 is 15.1 Å². The van der Waals surface area contributed by atoms with Gasteiger partial charge in [-0.2, -0.15) is 0 Å². The molecule has 1 aromatic heterocycles. The molecule has 24 heavy (non-hydrogen) atoms. The summed E-state index contributed by atoms with van der Waals surface area (Å²) in [6.45, 7) is 0. The minimum Gasteiger partial charge on any atom is -0.496 e. The van der Waals surface area contributed by atoms with Crippen LogP contribution in [0, 0.1) is 10.1 Å². The van der Waals surface area contributed by atoms with Crippen molar-refractivity contribution >= 4 is 46.0 Å². The Balaban J connectivity index is 2.11. The molecule has 0 unspecified atom stereocenters. The first-order valence-electron chi connectivity index (χ1n) is 6.83. The molecule has 1 heterocycles. The first kappa shape index (κ1) is 16.3.